The fourth-order valence-corrected chi connectivity index (χ4v) is 3.90. The molecule has 3 rings (SSSR count). The molecule has 0 amide bonds. The highest BCUT2D eigenvalue weighted by atomic mass is 19.2. The molecule has 0 bridgehead atoms. The van der Waals surface area contributed by atoms with Gasteiger partial charge in [-0.05, 0) is 48.6 Å². The van der Waals surface area contributed by atoms with Crippen LogP contribution in [0.3, 0.4) is 0 Å². The second-order valence-electron chi connectivity index (χ2n) is 7.34. The molecule has 0 aliphatic heterocycles. The van der Waals surface area contributed by atoms with Crippen molar-refractivity contribution in [3.05, 3.63) is 64.7 Å². The summed E-state index contributed by atoms with van der Waals surface area (Å²) < 4.78 is 58.2. The van der Waals surface area contributed by atoms with Crippen LogP contribution in [0.15, 0.2) is 30.3 Å². The molecule has 5 heteroatoms. The molecule has 1 nitrogen and oxygen atoms in total. The molecular formula is C22H24F4O. The molecule has 146 valence electrons. The Balaban J connectivity index is 1.59. The van der Waals surface area contributed by atoms with Crippen molar-refractivity contribution in [1.82, 2.24) is 0 Å². The van der Waals surface area contributed by atoms with Gasteiger partial charge in [-0.3, -0.25) is 0 Å². The number of hydrogen-bond acceptors (Lipinski definition) is 1. The lowest BCUT2D eigenvalue weighted by molar-refractivity contribution is 0.276. The standard InChI is InChI=1S/C22H24F4O/c1-2-3-14-4-8-16(9-5-14)17-10-6-15(7-11-17)13-27-19-12-18(23)20(24)22(26)21(19)25/h6-7,10-12,14,16H,2-5,8-9,13H2,1H3/t14-,16-. The van der Waals surface area contributed by atoms with E-state index in [-0.39, 0.29) is 6.61 Å². The number of hydrogen-bond donors (Lipinski definition) is 0. The average molecular weight is 380 g/mol. The Morgan fingerprint density at radius 2 is 1.56 bits per heavy atom. The largest absolute Gasteiger partial charge is 0.486 e. The molecule has 1 saturated carbocycles. The maximum Gasteiger partial charge on any atom is 0.203 e. The Morgan fingerprint density at radius 1 is 0.889 bits per heavy atom. The molecule has 0 atom stereocenters. The van der Waals surface area contributed by atoms with Crippen LogP contribution in [0.2, 0.25) is 0 Å². The van der Waals surface area contributed by atoms with Crippen LogP contribution in [-0.2, 0) is 6.61 Å². The van der Waals surface area contributed by atoms with Gasteiger partial charge >= 0.3 is 0 Å². The van der Waals surface area contributed by atoms with Crippen LogP contribution < -0.4 is 4.74 Å². The quantitative estimate of drug-likeness (QED) is 0.301. The van der Waals surface area contributed by atoms with Crippen molar-refractivity contribution in [3.63, 3.8) is 0 Å². The fourth-order valence-electron chi connectivity index (χ4n) is 3.90. The van der Waals surface area contributed by atoms with E-state index in [0.29, 0.717) is 12.0 Å². The fraction of sp³-hybridized carbons (Fsp3) is 0.455. The third kappa shape index (κ3) is 4.63. The zero-order valence-electron chi connectivity index (χ0n) is 15.4. The molecule has 0 aromatic heterocycles. The molecule has 2 aromatic rings. The van der Waals surface area contributed by atoms with Crippen LogP contribution in [0.4, 0.5) is 17.6 Å². The van der Waals surface area contributed by atoms with Crippen molar-refractivity contribution < 1.29 is 22.3 Å². The number of halogens is 4. The molecule has 0 heterocycles. The molecule has 27 heavy (non-hydrogen) atoms. The number of ether oxygens (including phenoxy) is 1. The first-order valence-corrected chi connectivity index (χ1v) is 9.54. The molecular weight excluding hydrogens is 356 g/mol. The molecule has 0 radical (unpaired) electrons. The first-order chi connectivity index (χ1) is 13.0. The summed E-state index contributed by atoms with van der Waals surface area (Å²) in [6, 6.07) is 8.34. The lowest BCUT2D eigenvalue weighted by atomic mass is 9.77. The minimum atomic E-state index is -1.86. The topological polar surface area (TPSA) is 9.23 Å². The second kappa shape index (κ2) is 8.77. The highest BCUT2D eigenvalue weighted by molar-refractivity contribution is 5.29. The van der Waals surface area contributed by atoms with Crippen molar-refractivity contribution in [1.29, 1.82) is 0 Å². The van der Waals surface area contributed by atoms with Gasteiger partial charge in [-0.2, -0.15) is 4.39 Å². The predicted molar refractivity (Wildman–Crippen MR) is 96.7 cm³/mol. The summed E-state index contributed by atoms with van der Waals surface area (Å²) in [5.41, 5.74) is 2.03. The van der Waals surface area contributed by atoms with Gasteiger partial charge in [0, 0.05) is 6.07 Å². The lowest BCUT2D eigenvalue weighted by Gasteiger charge is -2.28. The van der Waals surface area contributed by atoms with Gasteiger partial charge in [0.1, 0.15) is 6.61 Å². The van der Waals surface area contributed by atoms with E-state index in [9.17, 15) is 17.6 Å². The predicted octanol–water partition coefficient (Wildman–Crippen LogP) is 6.90. The van der Waals surface area contributed by atoms with Gasteiger partial charge in [0.15, 0.2) is 17.4 Å². The molecule has 1 fully saturated rings. The highest BCUT2D eigenvalue weighted by Crippen LogP contribution is 2.37. The minimum Gasteiger partial charge on any atom is -0.486 e. The van der Waals surface area contributed by atoms with Gasteiger partial charge in [0.2, 0.25) is 11.6 Å². The van der Waals surface area contributed by atoms with E-state index in [2.05, 4.69) is 6.92 Å². The summed E-state index contributed by atoms with van der Waals surface area (Å²) >= 11 is 0. The van der Waals surface area contributed by atoms with Crippen molar-refractivity contribution in [2.75, 3.05) is 0 Å². The molecule has 0 saturated heterocycles. The van der Waals surface area contributed by atoms with Gasteiger partial charge < -0.3 is 4.74 Å². The third-order valence-corrected chi connectivity index (χ3v) is 5.46. The molecule has 0 N–H and O–H groups in total. The lowest BCUT2D eigenvalue weighted by Crippen LogP contribution is -2.13. The van der Waals surface area contributed by atoms with Gasteiger partial charge in [-0.15, -0.1) is 0 Å². The highest BCUT2D eigenvalue weighted by Gasteiger charge is 2.22. The average Bonchev–Trinajstić information content (AvgIpc) is 2.69. The van der Waals surface area contributed by atoms with E-state index >= 15 is 0 Å². The normalized spacial score (nSPS) is 19.9. The summed E-state index contributed by atoms with van der Waals surface area (Å²) in [6.07, 6.45) is 7.48. The zero-order chi connectivity index (χ0) is 19.4. The first-order valence-electron chi connectivity index (χ1n) is 9.54. The Labute approximate surface area is 157 Å². The smallest absolute Gasteiger partial charge is 0.203 e. The summed E-state index contributed by atoms with van der Waals surface area (Å²) in [4.78, 5) is 0. The summed E-state index contributed by atoms with van der Waals surface area (Å²) in [5, 5.41) is 0. The van der Waals surface area contributed by atoms with Crippen LogP contribution in [-0.4, -0.2) is 0 Å². The molecule has 1 aliphatic rings. The van der Waals surface area contributed by atoms with Gasteiger partial charge in [0.05, 0.1) is 0 Å². The third-order valence-electron chi connectivity index (χ3n) is 5.46. The van der Waals surface area contributed by atoms with Crippen LogP contribution in [0.5, 0.6) is 5.75 Å². The molecule has 1 aliphatic carbocycles. The molecule has 0 spiro atoms. The van der Waals surface area contributed by atoms with E-state index in [0.717, 1.165) is 11.5 Å². The van der Waals surface area contributed by atoms with Crippen molar-refractivity contribution >= 4 is 0 Å². The van der Waals surface area contributed by atoms with E-state index < -0.39 is 29.0 Å². The minimum absolute atomic E-state index is 0.0506. The van der Waals surface area contributed by atoms with Gasteiger partial charge in [-0.1, -0.05) is 44.0 Å². The number of rotatable bonds is 6. The SMILES string of the molecule is CCC[C@H]1CC[C@H](c2ccc(COc3cc(F)c(F)c(F)c3F)cc2)CC1. The maximum atomic E-state index is 13.6. The van der Waals surface area contributed by atoms with Gasteiger partial charge in [0.25, 0.3) is 0 Å². The van der Waals surface area contributed by atoms with Gasteiger partial charge in [-0.25, -0.2) is 13.2 Å². The Morgan fingerprint density at radius 3 is 2.19 bits per heavy atom. The Kier molecular flexibility index (Phi) is 6.40. The summed E-state index contributed by atoms with van der Waals surface area (Å²) in [7, 11) is 0. The number of benzene rings is 2. The maximum absolute atomic E-state index is 13.6. The monoisotopic (exact) mass is 380 g/mol. The van der Waals surface area contributed by atoms with Crippen molar-refractivity contribution in [3.8, 4) is 5.75 Å². The Hall–Kier alpha value is -2.04. The summed E-state index contributed by atoms with van der Waals surface area (Å²) in [5.74, 6) is -5.91. The van der Waals surface area contributed by atoms with Crippen LogP contribution in [0.25, 0.3) is 0 Å². The van der Waals surface area contributed by atoms with Crippen molar-refractivity contribution in [2.45, 2.75) is 58.0 Å². The van der Waals surface area contributed by atoms with E-state index in [1.165, 1.54) is 44.1 Å². The van der Waals surface area contributed by atoms with Crippen LogP contribution in [0, 0.1) is 29.2 Å². The summed E-state index contributed by atoms with van der Waals surface area (Å²) in [6.45, 7) is 2.18. The molecule has 0 unspecified atom stereocenters. The van der Waals surface area contributed by atoms with E-state index in [4.69, 9.17) is 4.74 Å². The Bertz CT molecular complexity index is 765. The zero-order valence-corrected chi connectivity index (χ0v) is 15.4. The van der Waals surface area contributed by atoms with E-state index in [1.54, 1.807) is 0 Å². The first kappa shape index (κ1) is 19.7. The second-order valence-corrected chi connectivity index (χ2v) is 7.34. The molecule has 2 aromatic carbocycles. The van der Waals surface area contributed by atoms with Crippen LogP contribution in [0.1, 0.15) is 62.5 Å². The van der Waals surface area contributed by atoms with E-state index in [1.807, 2.05) is 24.3 Å². The van der Waals surface area contributed by atoms with Crippen molar-refractivity contribution in [2.24, 2.45) is 5.92 Å². The van der Waals surface area contributed by atoms with Crippen LogP contribution >= 0.6 is 0 Å².